The van der Waals surface area contributed by atoms with Crippen molar-refractivity contribution < 1.29 is 38.2 Å². The van der Waals surface area contributed by atoms with Crippen LogP contribution in [-0.4, -0.2) is 75.5 Å². The van der Waals surface area contributed by atoms with Crippen molar-refractivity contribution >= 4 is 17.9 Å². The summed E-state index contributed by atoms with van der Waals surface area (Å²) in [5.41, 5.74) is 0. The second-order valence-corrected chi connectivity index (χ2v) is 12.8. The Morgan fingerprint density at radius 2 is 1.16 bits per heavy atom. The molecule has 252 valence electrons. The summed E-state index contributed by atoms with van der Waals surface area (Å²) in [5, 5.41) is 11.5. The minimum absolute atomic E-state index is 0.0398. The SMILES string of the molecule is CCCCCCCC/C=C\CCCCCCCC(=O)OC(COCCC(C(=O)[O-])[N+](C)(C)C)COC(=O)CCCCCC. The number of allylic oxidation sites excluding steroid dienone is 2. The molecule has 8 nitrogen and oxygen atoms in total. The summed E-state index contributed by atoms with van der Waals surface area (Å²) < 4.78 is 16.9. The number of hydrogen-bond donors (Lipinski definition) is 0. The molecule has 8 heteroatoms. The first-order chi connectivity index (χ1) is 20.6. The van der Waals surface area contributed by atoms with Crippen LogP contribution in [0.3, 0.4) is 0 Å². The average Bonchev–Trinajstić information content (AvgIpc) is 2.94. The number of carboxylic acids is 1. The van der Waals surface area contributed by atoms with E-state index in [9.17, 15) is 19.5 Å². The molecule has 0 bridgehead atoms. The molecule has 0 radical (unpaired) electrons. The summed E-state index contributed by atoms with van der Waals surface area (Å²) in [6, 6.07) is -0.719. The number of aliphatic carboxylic acids is 1. The maximum absolute atomic E-state index is 12.5. The molecule has 0 aromatic carbocycles. The van der Waals surface area contributed by atoms with Gasteiger partial charge in [-0.05, 0) is 38.5 Å². The van der Waals surface area contributed by atoms with E-state index < -0.39 is 18.1 Å². The monoisotopic (exact) mass is 611 g/mol. The van der Waals surface area contributed by atoms with Gasteiger partial charge in [-0.1, -0.05) is 96.6 Å². The lowest BCUT2D eigenvalue weighted by Crippen LogP contribution is -2.55. The van der Waals surface area contributed by atoms with Crippen molar-refractivity contribution in [3.05, 3.63) is 12.2 Å². The fourth-order valence-electron chi connectivity index (χ4n) is 4.89. The molecule has 0 heterocycles. The minimum atomic E-state index is -1.13. The second kappa shape index (κ2) is 27.6. The van der Waals surface area contributed by atoms with E-state index in [0.29, 0.717) is 12.8 Å². The highest BCUT2D eigenvalue weighted by Crippen LogP contribution is 2.12. The Hall–Kier alpha value is -1.93. The van der Waals surface area contributed by atoms with Crippen molar-refractivity contribution in [3.8, 4) is 0 Å². The third-order valence-corrected chi connectivity index (χ3v) is 7.65. The number of unbranched alkanes of at least 4 members (excludes halogenated alkanes) is 14. The van der Waals surface area contributed by atoms with Crippen LogP contribution >= 0.6 is 0 Å². The van der Waals surface area contributed by atoms with E-state index in [0.717, 1.165) is 57.8 Å². The van der Waals surface area contributed by atoms with Crippen LogP contribution in [0.5, 0.6) is 0 Å². The molecular formula is C35H65NO7. The molecule has 0 rings (SSSR count). The Balaban J connectivity index is 4.33. The number of quaternary nitrogens is 1. The molecule has 43 heavy (non-hydrogen) atoms. The van der Waals surface area contributed by atoms with Crippen LogP contribution in [0.25, 0.3) is 0 Å². The van der Waals surface area contributed by atoms with Crippen LogP contribution in [0.15, 0.2) is 12.2 Å². The van der Waals surface area contributed by atoms with Gasteiger partial charge in [0.25, 0.3) is 0 Å². The standard InChI is InChI=1S/C35H65NO7/c1-6-8-10-12-13-14-15-16-17-18-19-20-21-22-24-26-34(38)43-31(30-42-33(37)25-23-11-9-7-2)29-41-28-27-32(35(39)40)36(3,4)5/h16-17,31-32H,6-15,18-30H2,1-5H3/b17-16-. The highest BCUT2D eigenvalue weighted by atomic mass is 16.6. The lowest BCUT2D eigenvalue weighted by Gasteiger charge is -2.34. The second-order valence-electron chi connectivity index (χ2n) is 12.8. The van der Waals surface area contributed by atoms with E-state index >= 15 is 0 Å². The number of hydrogen-bond acceptors (Lipinski definition) is 7. The van der Waals surface area contributed by atoms with Gasteiger partial charge < -0.3 is 28.6 Å². The van der Waals surface area contributed by atoms with Gasteiger partial charge in [-0.3, -0.25) is 9.59 Å². The summed E-state index contributed by atoms with van der Waals surface area (Å²) in [7, 11) is 5.38. The number of ether oxygens (including phenoxy) is 3. The molecule has 2 atom stereocenters. The van der Waals surface area contributed by atoms with Gasteiger partial charge in [0, 0.05) is 19.3 Å². The van der Waals surface area contributed by atoms with Crippen molar-refractivity contribution in [3.63, 3.8) is 0 Å². The summed E-state index contributed by atoms with van der Waals surface area (Å²) in [6.45, 7) is 4.51. The quantitative estimate of drug-likeness (QED) is 0.0386. The van der Waals surface area contributed by atoms with Crippen molar-refractivity contribution in [1.82, 2.24) is 0 Å². The fraction of sp³-hybridized carbons (Fsp3) is 0.857. The number of carbonyl (C=O) groups is 3. The maximum atomic E-state index is 12.5. The Kier molecular flexibility index (Phi) is 26.4. The minimum Gasteiger partial charge on any atom is -0.544 e. The van der Waals surface area contributed by atoms with Crippen LogP contribution in [0.1, 0.15) is 142 Å². The van der Waals surface area contributed by atoms with Gasteiger partial charge in [-0.2, -0.15) is 0 Å². The van der Waals surface area contributed by atoms with Crippen LogP contribution in [0, 0.1) is 0 Å². The topological polar surface area (TPSA) is 102 Å². The van der Waals surface area contributed by atoms with Gasteiger partial charge >= 0.3 is 11.9 Å². The maximum Gasteiger partial charge on any atom is 0.306 e. The largest absolute Gasteiger partial charge is 0.544 e. The predicted molar refractivity (Wildman–Crippen MR) is 171 cm³/mol. The zero-order valence-corrected chi connectivity index (χ0v) is 28.4. The van der Waals surface area contributed by atoms with Crippen molar-refractivity contribution in [1.29, 1.82) is 0 Å². The van der Waals surface area contributed by atoms with Gasteiger partial charge in [0.05, 0.1) is 40.3 Å². The van der Waals surface area contributed by atoms with Gasteiger partial charge in [0.15, 0.2) is 6.10 Å². The number of likely N-dealkylation sites (N-methyl/N-ethyl adjacent to an activating group) is 1. The molecule has 0 aromatic heterocycles. The third kappa shape index (κ3) is 26.2. The lowest BCUT2D eigenvalue weighted by atomic mass is 10.1. The van der Waals surface area contributed by atoms with E-state index in [-0.39, 0.29) is 42.7 Å². The number of nitrogens with zero attached hydrogens (tertiary/aromatic N) is 1. The van der Waals surface area contributed by atoms with Crippen molar-refractivity contribution in [2.45, 2.75) is 154 Å². The number of esters is 2. The molecule has 0 amide bonds. The molecule has 0 aliphatic rings. The number of rotatable bonds is 30. The molecule has 0 aliphatic carbocycles. The Bertz CT molecular complexity index is 732. The van der Waals surface area contributed by atoms with E-state index in [1.54, 1.807) is 21.1 Å². The van der Waals surface area contributed by atoms with E-state index in [4.69, 9.17) is 14.2 Å². The summed E-state index contributed by atoms with van der Waals surface area (Å²) in [4.78, 5) is 36.2. The molecule has 0 spiro atoms. The Morgan fingerprint density at radius 3 is 1.70 bits per heavy atom. The van der Waals surface area contributed by atoms with Crippen molar-refractivity contribution in [2.75, 3.05) is 41.0 Å². The van der Waals surface area contributed by atoms with Gasteiger partial charge in [0.1, 0.15) is 12.6 Å². The fourth-order valence-corrected chi connectivity index (χ4v) is 4.89. The first-order valence-electron chi connectivity index (χ1n) is 17.2. The molecule has 0 fully saturated rings. The van der Waals surface area contributed by atoms with E-state index in [1.165, 1.54) is 51.4 Å². The van der Waals surface area contributed by atoms with Crippen LogP contribution in [0.2, 0.25) is 0 Å². The zero-order chi connectivity index (χ0) is 32.2. The van der Waals surface area contributed by atoms with E-state index in [1.807, 2.05) is 0 Å². The summed E-state index contributed by atoms with van der Waals surface area (Å²) in [6.07, 6.45) is 24.2. The van der Waals surface area contributed by atoms with Gasteiger partial charge in [0.2, 0.25) is 0 Å². The Labute approximate surface area is 263 Å². The zero-order valence-electron chi connectivity index (χ0n) is 28.4. The highest BCUT2D eigenvalue weighted by Gasteiger charge is 2.25. The third-order valence-electron chi connectivity index (χ3n) is 7.65. The lowest BCUT2D eigenvalue weighted by molar-refractivity contribution is -0.889. The summed E-state index contributed by atoms with van der Waals surface area (Å²) in [5.74, 6) is -1.77. The molecule has 0 saturated carbocycles. The van der Waals surface area contributed by atoms with Crippen molar-refractivity contribution in [2.24, 2.45) is 0 Å². The highest BCUT2D eigenvalue weighted by molar-refractivity contribution is 5.70. The molecular weight excluding hydrogens is 546 g/mol. The molecule has 0 aliphatic heterocycles. The first kappa shape index (κ1) is 41.1. The molecule has 0 N–H and O–H groups in total. The average molecular weight is 612 g/mol. The van der Waals surface area contributed by atoms with Crippen LogP contribution in [0.4, 0.5) is 0 Å². The Morgan fingerprint density at radius 1 is 0.674 bits per heavy atom. The van der Waals surface area contributed by atoms with Crippen LogP contribution in [-0.2, 0) is 28.6 Å². The van der Waals surface area contributed by atoms with Gasteiger partial charge in [-0.15, -0.1) is 0 Å². The van der Waals surface area contributed by atoms with Gasteiger partial charge in [-0.25, -0.2) is 0 Å². The van der Waals surface area contributed by atoms with Crippen LogP contribution < -0.4 is 5.11 Å². The van der Waals surface area contributed by atoms with E-state index in [2.05, 4.69) is 26.0 Å². The first-order valence-corrected chi connectivity index (χ1v) is 17.2. The number of carbonyl (C=O) groups excluding carboxylic acids is 3. The molecule has 2 unspecified atom stereocenters. The summed E-state index contributed by atoms with van der Waals surface area (Å²) >= 11 is 0. The normalized spacial score (nSPS) is 13.2. The number of carboxylic acid groups (broad SMARTS) is 1. The predicted octanol–water partition coefficient (Wildman–Crippen LogP) is 6.68. The molecule has 0 saturated heterocycles. The smallest absolute Gasteiger partial charge is 0.306 e. The molecule has 0 aromatic rings.